The van der Waals surface area contributed by atoms with E-state index in [4.69, 9.17) is 9.84 Å². The van der Waals surface area contributed by atoms with Gasteiger partial charge in [-0.25, -0.2) is 4.79 Å². The van der Waals surface area contributed by atoms with E-state index < -0.39 is 11.9 Å². The molecule has 6 nitrogen and oxygen atoms in total. The van der Waals surface area contributed by atoms with Crippen molar-refractivity contribution in [2.75, 3.05) is 12.4 Å². The second kappa shape index (κ2) is 5.84. The van der Waals surface area contributed by atoms with Gasteiger partial charge in [-0.15, -0.1) is 11.3 Å². The van der Waals surface area contributed by atoms with Crippen LogP contribution >= 0.6 is 11.3 Å². The van der Waals surface area contributed by atoms with Gasteiger partial charge >= 0.3 is 5.97 Å². The zero-order chi connectivity index (χ0) is 15.6. The lowest BCUT2D eigenvalue weighted by Gasteiger charge is -2.06. The minimum absolute atomic E-state index is 0.0822. The number of phenols is 1. The van der Waals surface area contributed by atoms with Crippen LogP contribution in [0.15, 0.2) is 24.3 Å². The molecular weight excluding hydrogens is 294 g/mol. The minimum atomic E-state index is -1.04. The summed E-state index contributed by atoms with van der Waals surface area (Å²) in [5, 5.41) is 21.7. The number of thiophene rings is 1. The third kappa shape index (κ3) is 3.14. The molecule has 0 radical (unpaired) electrons. The summed E-state index contributed by atoms with van der Waals surface area (Å²) in [7, 11) is 1.45. The van der Waals surface area contributed by atoms with Crippen LogP contribution in [0.3, 0.4) is 0 Å². The molecule has 2 rings (SSSR count). The van der Waals surface area contributed by atoms with Crippen molar-refractivity contribution in [1.29, 1.82) is 0 Å². The number of methoxy groups -OCH3 is 1. The van der Waals surface area contributed by atoms with Crippen LogP contribution in [-0.2, 0) is 0 Å². The summed E-state index contributed by atoms with van der Waals surface area (Å²) in [5.41, 5.74) is 0.653. The van der Waals surface area contributed by atoms with Gasteiger partial charge in [0.15, 0.2) is 0 Å². The number of aromatic carboxylic acids is 1. The molecule has 0 atom stereocenters. The fraction of sp³-hybridized carbons (Fsp3) is 0.143. The van der Waals surface area contributed by atoms with Crippen LogP contribution in [0.2, 0.25) is 0 Å². The predicted octanol–water partition coefficient (Wildman–Crippen LogP) is 2.72. The molecule has 110 valence electrons. The number of hydrogen-bond donors (Lipinski definition) is 3. The van der Waals surface area contributed by atoms with Crippen LogP contribution in [0.5, 0.6) is 11.5 Å². The second-order valence-corrected chi connectivity index (χ2v) is 5.32. The van der Waals surface area contributed by atoms with Crippen molar-refractivity contribution < 1.29 is 24.5 Å². The Kier molecular flexibility index (Phi) is 4.13. The van der Waals surface area contributed by atoms with Crippen molar-refractivity contribution in [3.05, 3.63) is 40.3 Å². The number of rotatable bonds is 4. The Morgan fingerprint density at radius 1 is 1.29 bits per heavy atom. The number of carbonyl (C=O) groups excluding carboxylic acids is 1. The lowest BCUT2D eigenvalue weighted by molar-refractivity contribution is 0.0701. The first-order valence-electron chi connectivity index (χ1n) is 5.94. The summed E-state index contributed by atoms with van der Waals surface area (Å²) >= 11 is 0.966. The van der Waals surface area contributed by atoms with Crippen LogP contribution in [0.1, 0.15) is 25.6 Å². The largest absolute Gasteiger partial charge is 0.507 e. The zero-order valence-corrected chi connectivity index (χ0v) is 12.2. The molecule has 0 aliphatic heterocycles. The van der Waals surface area contributed by atoms with Gasteiger partial charge in [0.05, 0.1) is 17.7 Å². The van der Waals surface area contributed by atoms with Crippen LogP contribution in [-0.4, -0.2) is 29.2 Å². The maximum absolute atomic E-state index is 12.1. The first kappa shape index (κ1) is 14.9. The first-order chi connectivity index (χ1) is 9.92. The van der Waals surface area contributed by atoms with Crippen molar-refractivity contribution in [1.82, 2.24) is 0 Å². The number of carboxylic acid groups (broad SMARTS) is 1. The average molecular weight is 307 g/mol. The van der Waals surface area contributed by atoms with E-state index in [0.29, 0.717) is 16.3 Å². The van der Waals surface area contributed by atoms with Crippen molar-refractivity contribution in [3.8, 4) is 11.5 Å². The Hall–Kier alpha value is -2.54. The number of benzene rings is 1. The van der Waals surface area contributed by atoms with E-state index >= 15 is 0 Å². The van der Waals surface area contributed by atoms with Crippen molar-refractivity contribution in [2.24, 2.45) is 0 Å². The molecule has 1 heterocycles. The summed E-state index contributed by atoms with van der Waals surface area (Å²) in [6, 6.07) is 5.89. The number of aromatic hydroxyl groups is 1. The number of ether oxygens (including phenoxy) is 1. The fourth-order valence-electron chi connectivity index (χ4n) is 1.77. The zero-order valence-electron chi connectivity index (χ0n) is 11.3. The Labute approximate surface area is 124 Å². The van der Waals surface area contributed by atoms with Gasteiger partial charge in [0.2, 0.25) is 0 Å². The van der Waals surface area contributed by atoms with Crippen LogP contribution in [0.25, 0.3) is 0 Å². The van der Waals surface area contributed by atoms with Crippen LogP contribution < -0.4 is 10.1 Å². The SMILES string of the molecule is COc1ccc(C(=O)Nc2cc(C)c(C(=O)O)s2)c(O)c1. The molecule has 3 N–H and O–H groups in total. The number of anilines is 1. The van der Waals surface area contributed by atoms with Gasteiger partial charge in [0.25, 0.3) is 5.91 Å². The standard InChI is InChI=1S/C14H13NO5S/c1-7-5-11(21-12(7)14(18)19)15-13(17)9-4-3-8(20-2)6-10(9)16/h3-6,16H,1-2H3,(H,15,17)(H,18,19). The number of hydrogen-bond acceptors (Lipinski definition) is 5. The fourth-order valence-corrected chi connectivity index (χ4v) is 2.67. The predicted molar refractivity (Wildman–Crippen MR) is 78.6 cm³/mol. The minimum Gasteiger partial charge on any atom is -0.507 e. The number of carboxylic acids is 1. The molecule has 0 unspecified atom stereocenters. The van der Waals surface area contributed by atoms with Crippen LogP contribution in [0.4, 0.5) is 5.00 Å². The summed E-state index contributed by atoms with van der Waals surface area (Å²) in [5.74, 6) is -1.33. The molecule has 0 spiro atoms. The monoisotopic (exact) mass is 307 g/mol. The van der Waals surface area contributed by atoms with Gasteiger partial charge in [-0.1, -0.05) is 0 Å². The molecular formula is C14H13NO5S. The quantitative estimate of drug-likeness (QED) is 0.807. The molecule has 0 fully saturated rings. The molecule has 7 heteroatoms. The summed E-state index contributed by atoms with van der Waals surface area (Å²) < 4.78 is 4.94. The molecule has 0 aliphatic rings. The smallest absolute Gasteiger partial charge is 0.346 e. The van der Waals surface area contributed by atoms with E-state index in [1.807, 2.05) is 0 Å². The maximum Gasteiger partial charge on any atom is 0.346 e. The van der Waals surface area contributed by atoms with Crippen molar-refractivity contribution >= 4 is 28.2 Å². The third-order valence-corrected chi connectivity index (χ3v) is 3.94. The first-order valence-corrected chi connectivity index (χ1v) is 6.76. The summed E-state index contributed by atoms with van der Waals surface area (Å²) in [6.45, 7) is 1.65. The van der Waals surface area contributed by atoms with Gasteiger partial charge in [-0.2, -0.15) is 0 Å². The van der Waals surface area contributed by atoms with Gasteiger partial charge < -0.3 is 20.3 Å². The lowest BCUT2D eigenvalue weighted by Crippen LogP contribution is -2.11. The number of carbonyl (C=O) groups is 2. The van der Waals surface area contributed by atoms with Gasteiger partial charge in [0.1, 0.15) is 16.4 Å². The van der Waals surface area contributed by atoms with E-state index in [9.17, 15) is 14.7 Å². The molecule has 1 aromatic heterocycles. The average Bonchev–Trinajstić information content (AvgIpc) is 2.79. The number of aryl methyl sites for hydroxylation is 1. The van der Waals surface area contributed by atoms with Gasteiger partial charge in [-0.05, 0) is 30.7 Å². The summed E-state index contributed by atoms with van der Waals surface area (Å²) in [4.78, 5) is 23.2. The Bertz CT molecular complexity index is 707. The molecule has 0 saturated heterocycles. The van der Waals surface area contributed by atoms with E-state index in [2.05, 4.69) is 5.32 Å². The maximum atomic E-state index is 12.1. The van der Waals surface area contributed by atoms with Crippen molar-refractivity contribution in [3.63, 3.8) is 0 Å². The lowest BCUT2D eigenvalue weighted by atomic mass is 10.2. The highest BCUT2D eigenvalue weighted by molar-refractivity contribution is 7.18. The Morgan fingerprint density at radius 3 is 2.52 bits per heavy atom. The van der Waals surface area contributed by atoms with Crippen LogP contribution in [0, 0.1) is 6.92 Å². The number of phenolic OH excluding ortho intramolecular Hbond substituents is 1. The third-order valence-electron chi connectivity index (χ3n) is 2.80. The topological polar surface area (TPSA) is 95.9 Å². The molecule has 21 heavy (non-hydrogen) atoms. The molecule has 1 aromatic carbocycles. The molecule has 2 aromatic rings. The Morgan fingerprint density at radius 2 is 2.00 bits per heavy atom. The van der Waals surface area contributed by atoms with E-state index in [-0.39, 0.29) is 16.2 Å². The van der Waals surface area contributed by atoms with E-state index in [0.717, 1.165) is 11.3 Å². The number of nitrogens with one attached hydrogen (secondary N) is 1. The highest BCUT2D eigenvalue weighted by atomic mass is 32.1. The molecule has 0 bridgehead atoms. The highest BCUT2D eigenvalue weighted by Crippen LogP contribution is 2.29. The normalized spacial score (nSPS) is 10.2. The highest BCUT2D eigenvalue weighted by Gasteiger charge is 2.16. The second-order valence-electron chi connectivity index (χ2n) is 4.27. The Balaban J connectivity index is 2.22. The molecule has 1 amide bonds. The van der Waals surface area contributed by atoms with E-state index in [1.165, 1.54) is 19.2 Å². The van der Waals surface area contributed by atoms with E-state index in [1.54, 1.807) is 19.1 Å². The molecule has 0 saturated carbocycles. The van der Waals surface area contributed by atoms with Crippen molar-refractivity contribution in [2.45, 2.75) is 6.92 Å². The summed E-state index contributed by atoms with van der Waals surface area (Å²) in [6.07, 6.45) is 0. The van der Waals surface area contributed by atoms with Gasteiger partial charge in [0, 0.05) is 6.07 Å². The molecule has 0 aliphatic carbocycles. The van der Waals surface area contributed by atoms with Gasteiger partial charge in [-0.3, -0.25) is 4.79 Å². The number of amides is 1.